The molecule has 0 aliphatic rings. The molecule has 0 saturated carbocycles. The van der Waals surface area contributed by atoms with Crippen molar-refractivity contribution in [2.45, 2.75) is 12.5 Å². The van der Waals surface area contributed by atoms with E-state index in [4.69, 9.17) is 5.11 Å². The van der Waals surface area contributed by atoms with E-state index >= 15 is 0 Å². The fourth-order valence-electron chi connectivity index (χ4n) is 0.926. The molecule has 1 atom stereocenters. The Morgan fingerprint density at radius 2 is 2.25 bits per heavy atom. The van der Waals surface area contributed by atoms with Crippen LogP contribution >= 0.6 is 0 Å². The third-order valence-electron chi connectivity index (χ3n) is 1.68. The number of aromatic nitrogens is 1. The van der Waals surface area contributed by atoms with E-state index in [9.17, 15) is 10.3 Å². The van der Waals surface area contributed by atoms with Crippen molar-refractivity contribution in [1.82, 2.24) is 0 Å². The van der Waals surface area contributed by atoms with Crippen LogP contribution in [0.2, 0.25) is 0 Å². The Labute approximate surface area is 70.3 Å². The average Bonchev–Trinajstić information content (AvgIpc) is 2.05. The van der Waals surface area contributed by atoms with Gasteiger partial charge in [-0.25, -0.2) is 0 Å². The van der Waals surface area contributed by atoms with Gasteiger partial charge < -0.3 is 15.4 Å². The molecular weight excluding hydrogens is 158 g/mol. The molecule has 0 fully saturated rings. The third-order valence-corrected chi connectivity index (χ3v) is 1.68. The van der Waals surface area contributed by atoms with Crippen LogP contribution in [0, 0.1) is 5.21 Å². The Morgan fingerprint density at radius 3 is 2.75 bits per heavy atom. The highest BCUT2D eigenvalue weighted by Crippen LogP contribution is 2.14. The van der Waals surface area contributed by atoms with Crippen molar-refractivity contribution in [3.63, 3.8) is 0 Å². The lowest BCUT2D eigenvalue weighted by Crippen LogP contribution is -2.42. The molecule has 12 heavy (non-hydrogen) atoms. The van der Waals surface area contributed by atoms with Gasteiger partial charge in [0.25, 0.3) is 0 Å². The first-order chi connectivity index (χ1) is 5.58. The maximum atomic E-state index is 11.1. The zero-order chi connectivity index (χ0) is 9.19. The van der Waals surface area contributed by atoms with Gasteiger partial charge in [0.1, 0.15) is 0 Å². The van der Waals surface area contributed by atoms with Crippen LogP contribution in [0.5, 0.6) is 0 Å². The highest BCUT2D eigenvalue weighted by atomic mass is 16.5. The Hall–Kier alpha value is -1.13. The lowest BCUT2D eigenvalue weighted by Gasteiger charge is -2.18. The molecule has 0 aliphatic carbocycles. The van der Waals surface area contributed by atoms with Gasteiger partial charge in [-0.3, -0.25) is 0 Å². The van der Waals surface area contributed by atoms with Crippen LogP contribution < -0.4 is 4.73 Å². The van der Waals surface area contributed by atoms with Gasteiger partial charge in [-0.05, 0) is 13.0 Å². The van der Waals surface area contributed by atoms with Gasteiger partial charge in [-0.1, -0.05) is 0 Å². The molecule has 0 bridgehead atoms. The highest BCUT2D eigenvalue weighted by Gasteiger charge is 2.29. The Bertz CT molecular complexity index is 273. The van der Waals surface area contributed by atoms with Crippen LogP contribution in [0.1, 0.15) is 12.6 Å². The molecule has 4 heteroatoms. The molecule has 66 valence electrons. The van der Waals surface area contributed by atoms with Crippen molar-refractivity contribution in [1.29, 1.82) is 0 Å². The van der Waals surface area contributed by atoms with Crippen LogP contribution in [0.15, 0.2) is 24.4 Å². The minimum absolute atomic E-state index is 0.146. The molecule has 0 aromatic carbocycles. The SMILES string of the molecule is CC(O)(CO)c1cccc[n+]1[O-]. The number of rotatable bonds is 2. The Morgan fingerprint density at radius 1 is 1.58 bits per heavy atom. The minimum atomic E-state index is -1.47. The number of hydrogen-bond acceptors (Lipinski definition) is 3. The second kappa shape index (κ2) is 3.08. The van der Waals surface area contributed by atoms with Crippen LogP contribution in [0.4, 0.5) is 0 Å². The van der Waals surface area contributed by atoms with Crippen LogP contribution in [0.3, 0.4) is 0 Å². The summed E-state index contributed by atoms with van der Waals surface area (Å²) < 4.78 is 0.538. The first-order valence-electron chi connectivity index (χ1n) is 3.60. The second-order valence-electron chi connectivity index (χ2n) is 2.84. The van der Waals surface area contributed by atoms with Crippen molar-refractivity contribution < 1.29 is 14.9 Å². The van der Waals surface area contributed by atoms with E-state index in [1.807, 2.05) is 0 Å². The van der Waals surface area contributed by atoms with Crippen molar-refractivity contribution in [3.8, 4) is 0 Å². The van der Waals surface area contributed by atoms with Crippen molar-refractivity contribution in [2.24, 2.45) is 0 Å². The first-order valence-corrected chi connectivity index (χ1v) is 3.60. The van der Waals surface area contributed by atoms with Crippen molar-refractivity contribution >= 4 is 0 Å². The van der Waals surface area contributed by atoms with Gasteiger partial charge in [0.2, 0.25) is 5.69 Å². The summed E-state index contributed by atoms with van der Waals surface area (Å²) in [5.41, 5.74) is -1.32. The van der Waals surface area contributed by atoms with E-state index in [-0.39, 0.29) is 5.69 Å². The molecule has 0 saturated heterocycles. The Balaban J connectivity index is 3.10. The van der Waals surface area contributed by atoms with Crippen LogP contribution in [-0.4, -0.2) is 16.8 Å². The van der Waals surface area contributed by atoms with E-state index in [1.165, 1.54) is 19.2 Å². The number of hydrogen-bond donors (Lipinski definition) is 2. The standard InChI is InChI=1S/C8H11NO3/c1-8(11,6-10)7-4-2-3-5-9(7)12/h2-5,10-11H,6H2,1H3. The summed E-state index contributed by atoms with van der Waals surface area (Å²) in [6.07, 6.45) is 1.28. The van der Waals surface area contributed by atoms with E-state index in [2.05, 4.69) is 0 Å². The second-order valence-corrected chi connectivity index (χ2v) is 2.84. The third kappa shape index (κ3) is 1.54. The van der Waals surface area contributed by atoms with Gasteiger partial charge in [-0.2, -0.15) is 4.73 Å². The van der Waals surface area contributed by atoms with Gasteiger partial charge in [0.15, 0.2) is 11.8 Å². The van der Waals surface area contributed by atoms with Crippen LogP contribution in [0.25, 0.3) is 0 Å². The maximum absolute atomic E-state index is 11.1. The topological polar surface area (TPSA) is 67.4 Å². The molecule has 2 N–H and O–H groups in total. The van der Waals surface area contributed by atoms with Crippen molar-refractivity contribution in [2.75, 3.05) is 6.61 Å². The van der Waals surface area contributed by atoms with Crippen molar-refractivity contribution in [3.05, 3.63) is 35.3 Å². The summed E-state index contributed by atoms with van der Waals surface area (Å²) >= 11 is 0. The first kappa shape index (κ1) is 8.96. The minimum Gasteiger partial charge on any atom is -0.618 e. The fraction of sp³-hybridized carbons (Fsp3) is 0.375. The molecule has 0 amide bonds. The summed E-state index contributed by atoms with van der Waals surface area (Å²) in [6.45, 7) is 0.913. The zero-order valence-electron chi connectivity index (χ0n) is 6.77. The quantitative estimate of drug-likeness (QED) is 0.464. The summed E-state index contributed by atoms with van der Waals surface area (Å²) in [4.78, 5) is 0. The number of nitrogens with zero attached hydrogens (tertiary/aromatic N) is 1. The lowest BCUT2D eigenvalue weighted by atomic mass is 10.0. The monoisotopic (exact) mass is 169 g/mol. The molecule has 1 aromatic heterocycles. The largest absolute Gasteiger partial charge is 0.618 e. The summed E-state index contributed by atoms with van der Waals surface area (Å²) in [5, 5.41) is 29.3. The van der Waals surface area contributed by atoms with E-state index in [0.717, 1.165) is 0 Å². The maximum Gasteiger partial charge on any atom is 0.226 e. The lowest BCUT2D eigenvalue weighted by molar-refractivity contribution is -0.622. The van der Waals surface area contributed by atoms with Gasteiger partial charge in [-0.15, -0.1) is 0 Å². The summed E-state index contributed by atoms with van der Waals surface area (Å²) in [6, 6.07) is 4.67. The van der Waals surface area contributed by atoms with E-state index < -0.39 is 12.2 Å². The molecule has 0 aliphatic heterocycles. The average molecular weight is 169 g/mol. The van der Waals surface area contributed by atoms with Gasteiger partial charge in [0, 0.05) is 12.1 Å². The molecule has 1 aromatic rings. The molecule has 1 rings (SSSR count). The molecule has 1 heterocycles. The molecule has 4 nitrogen and oxygen atoms in total. The van der Waals surface area contributed by atoms with Crippen LogP contribution in [-0.2, 0) is 5.60 Å². The molecule has 0 spiro atoms. The fourth-order valence-corrected chi connectivity index (χ4v) is 0.926. The van der Waals surface area contributed by atoms with Gasteiger partial charge >= 0.3 is 0 Å². The predicted octanol–water partition coefficient (Wildman–Crippen LogP) is -0.480. The highest BCUT2D eigenvalue weighted by molar-refractivity contribution is 5.06. The number of aliphatic hydroxyl groups is 2. The summed E-state index contributed by atoms with van der Waals surface area (Å²) in [7, 11) is 0. The molecular formula is C8H11NO3. The molecule has 1 unspecified atom stereocenters. The van der Waals surface area contributed by atoms with Gasteiger partial charge in [0.05, 0.1) is 6.61 Å². The summed E-state index contributed by atoms with van der Waals surface area (Å²) in [5.74, 6) is 0. The normalized spacial score (nSPS) is 15.6. The van der Waals surface area contributed by atoms with E-state index in [1.54, 1.807) is 12.1 Å². The Kier molecular flexibility index (Phi) is 2.30. The predicted molar refractivity (Wildman–Crippen MR) is 42.1 cm³/mol. The number of aliphatic hydroxyl groups excluding tert-OH is 1. The number of pyridine rings is 1. The smallest absolute Gasteiger partial charge is 0.226 e. The molecule has 0 radical (unpaired) electrons. The zero-order valence-corrected chi connectivity index (χ0v) is 6.77. The van der Waals surface area contributed by atoms with E-state index in [0.29, 0.717) is 4.73 Å².